The zero-order chi connectivity index (χ0) is 13.1. The van der Waals surface area contributed by atoms with Gasteiger partial charge in [0, 0.05) is 7.05 Å². The Morgan fingerprint density at radius 3 is 2.72 bits per heavy atom. The van der Waals surface area contributed by atoms with Gasteiger partial charge in [-0.1, -0.05) is 13.3 Å². The Labute approximate surface area is 117 Å². The van der Waals surface area contributed by atoms with Gasteiger partial charge in [-0.3, -0.25) is 0 Å². The summed E-state index contributed by atoms with van der Waals surface area (Å²) in [6.07, 6.45) is 4.48. The molecule has 0 aliphatic carbocycles. The number of rotatable bonds is 4. The highest BCUT2D eigenvalue weighted by molar-refractivity contribution is 9.10. The number of nitrogens with one attached hydrogen (secondary N) is 1. The molecule has 1 aliphatic rings. The lowest BCUT2D eigenvalue weighted by atomic mass is 10.2. The van der Waals surface area contributed by atoms with Gasteiger partial charge in [0.15, 0.2) is 5.82 Å². The van der Waals surface area contributed by atoms with Gasteiger partial charge in [-0.05, 0) is 42.1 Å². The van der Waals surface area contributed by atoms with Gasteiger partial charge in [0.05, 0.1) is 16.3 Å². The average molecular weight is 314 g/mol. The summed E-state index contributed by atoms with van der Waals surface area (Å²) in [5.41, 5.74) is 1.06. The Hall–Kier alpha value is -0.680. The van der Waals surface area contributed by atoms with E-state index in [-0.39, 0.29) is 6.10 Å². The first-order chi connectivity index (χ1) is 8.65. The van der Waals surface area contributed by atoms with E-state index in [1.165, 1.54) is 0 Å². The van der Waals surface area contributed by atoms with Gasteiger partial charge in [0.25, 0.3) is 0 Å². The molecular formula is C13H20BrN3O. The van der Waals surface area contributed by atoms with Crippen molar-refractivity contribution >= 4 is 21.7 Å². The molecule has 4 nitrogen and oxygen atoms in total. The van der Waals surface area contributed by atoms with Crippen molar-refractivity contribution in [3.8, 4) is 0 Å². The van der Waals surface area contributed by atoms with Crippen LogP contribution in [-0.4, -0.2) is 23.1 Å². The van der Waals surface area contributed by atoms with Crippen molar-refractivity contribution in [2.45, 2.75) is 51.7 Å². The fourth-order valence-corrected chi connectivity index (χ4v) is 2.79. The molecule has 1 saturated heterocycles. The molecule has 1 N–H and O–H groups in total. The molecule has 2 rings (SSSR count). The van der Waals surface area contributed by atoms with Crippen LogP contribution in [0, 0.1) is 0 Å². The van der Waals surface area contributed by atoms with Crippen LogP contribution in [0.15, 0.2) is 4.47 Å². The lowest BCUT2D eigenvalue weighted by Crippen LogP contribution is -2.10. The lowest BCUT2D eigenvalue weighted by Gasteiger charge is -2.14. The normalized spacial score (nSPS) is 23.3. The van der Waals surface area contributed by atoms with Crippen molar-refractivity contribution in [2.24, 2.45) is 0 Å². The molecule has 1 fully saturated rings. The maximum absolute atomic E-state index is 5.85. The molecule has 2 unspecified atom stereocenters. The Morgan fingerprint density at radius 1 is 1.39 bits per heavy atom. The molecule has 100 valence electrons. The van der Waals surface area contributed by atoms with Crippen LogP contribution in [0.3, 0.4) is 0 Å². The van der Waals surface area contributed by atoms with Crippen LogP contribution < -0.4 is 5.32 Å². The molecule has 1 aromatic rings. The summed E-state index contributed by atoms with van der Waals surface area (Å²) in [4.78, 5) is 9.22. The van der Waals surface area contributed by atoms with Crippen molar-refractivity contribution in [3.05, 3.63) is 16.0 Å². The van der Waals surface area contributed by atoms with E-state index in [0.717, 1.165) is 47.5 Å². The highest BCUT2D eigenvalue weighted by atomic mass is 79.9. The molecule has 0 radical (unpaired) electrons. The maximum atomic E-state index is 5.85. The summed E-state index contributed by atoms with van der Waals surface area (Å²) in [6, 6.07) is 0. The second-order valence-corrected chi connectivity index (χ2v) is 5.50. The third-order valence-electron chi connectivity index (χ3n) is 3.18. The Balaban J connectivity index is 2.32. The predicted octanol–water partition coefficient (Wildman–Crippen LogP) is 3.47. The summed E-state index contributed by atoms with van der Waals surface area (Å²) in [7, 11) is 1.88. The minimum absolute atomic E-state index is 0.0517. The Kier molecular flexibility index (Phi) is 4.56. The first kappa shape index (κ1) is 13.7. The summed E-state index contributed by atoms with van der Waals surface area (Å²) >= 11 is 3.57. The Bertz CT molecular complexity index is 425. The number of hydrogen-bond donors (Lipinski definition) is 1. The lowest BCUT2D eigenvalue weighted by molar-refractivity contribution is 0.0502. The largest absolute Gasteiger partial charge is 0.372 e. The molecule has 18 heavy (non-hydrogen) atoms. The summed E-state index contributed by atoms with van der Waals surface area (Å²) < 4.78 is 6.83. The van der Waals surface area contributed by atoms with Crippen LogP contribution in [-0.2, 0) is 11.2 Å². The summed E-state index contributed by atoms with van der Waals surface area (Å²) in [6.45, 7) is 4.26. The topological polar surface area (TPSA) is 47.0 Å². The average Bonchev–Trinajstić information content (AvgIpc) is 2.79. The molecule has 0 bridgehead atoms. The van der Waals surface area contributed by atoms with E-state index >= 15 is 0 Å². The number of halogens is 1. The molecule has 2 atom stereocenters. The van der Waals surface area contributed by atoms with Crippen LogP contribution in [0.25, 0.3) is 0 Å². The summed E-state index contributed by atoms with van der Waals surface area (Å²) in [5.74, 6) is 1.67. The third kappa shape index (κ3) is 2.83. The van der Waals surface area contributed by atoms with Crippen molar-refractivity contribution in [2.75, 3.05) is 12.4 Å². The van der Waals surface area contributed by atoms with Crippen LogP contribution in [0.4, 0.5) is 5.82 Å². The van der Waals surface area contributed by atoms with Crippen molar-refractivity contribution in [1.29, 1.82) is 0 Å². The standard InChI is InChI=1S/C13H20BrN3O/c1-4-5-9-11(14)13(15-3)17-12(16-9)10-7-6-8(2)18-10/h8,10H,4-7H2,1-3H3,(H,15,16,17). The minimum atomic E-state index is 0.0517. The van der Waals surface area contributed by atoms with Gasteiger partial charge in [-0.2, -0.15) is 0 Å². The molecule has 2 heterocycles. The monoisotopic (exact) mass is 313 g/mol. The van der Waals surface area contributed by atoms with Gasteiger partial charge >= 0.3 is 0 Å². The SMILES string of the molecule is CCCc1nc(C2CCC(C)O2)nc(NC)c1Br. The minimum Gasteiger partial charge on any atom is -0.372 e. The van der Waals surface area contributed by atoms with E-state index in [9.17, 15) is 0 Å². The van der Waals surface area contributed by atoms with Crippen LogP contribution >= 0.6 is 15.9 Å². The maximum Gasteiger partial charge on any atom is 0.159 e. The van der Waals surface area contributed by atoms with Gasteiger partial charge in [-0.15, -0.1) is 0 Å². The van der Waals surface area contributed by atoms with E-state index in [4.69, 9.17) is 4.74 Å². The second kappa shape index (κ2) is 5.97. The Morgan fingerprint density at radius 2 is 2.17 bits per heavy atom. The van der Waals surface area contributed by atoms with Crippen LogP contribution in [0.2, 0.25) is 0 Å². The molecule has 0 aromatic carbocycles. The molecule has 0 amide bonds. The van der Waals surface area contributed by atoms with Crippen LogP contribution in [0.1, 0.15) is 50.7 Å². The number of aromatic nitrogens is 2. The quantitative estimate of drug-likeness (QED) is 0.924. The first-order valence-electron chi connectivity index (χ1n) is 6.55. The van der Waals surface area contributed by atoms with Crippen LogP contribution in [0.5, 0.6) is 0 Å². The van der Waals surface area contributed by atoms with Crippen molar-refractivity contribution in [1.82, 2.24) is 9.97 Å². The predicted molar refractivity (Wildman–Crippen MR) is 75.8 cm³/mol. The first-order valence-corrected chi connectivity index (χ1v) is 7.34. The highest BCUT2D eigenvalue weighted by Crippen LogP contribution is 2.33. The number of aryl methyl sites for hydroxylation is 1. The molecule has 1 aromatic heterocycles. The fourth-order valence-electron chi connectivity index (χ4n) is 2.22. The smallest absolute Gasteiger partial charge is 0.159 e. The molecule has 0 saturated carbocycles. The van der Waals surface area contributed by atoms with Gasteiger partial charge in [0.1, 0.15) is 11.9 Å². The number of nitrogens with zero attached hydrogens (tertiary/aromatic N) is 2. The molecular weight excluding hydrogens is 294 g/mol. The van der Waals surface area contributed by atoms with E-state index in [2.05, 4.69) is 45.1 Å². The molecule has 0 spiro atoms. The zero-order valence-corrected chi connectivity index (χ0v) is 12.7. The number of ether oxygens (including phenoxy) is 1. The zero-order valence-electron chi connectivity index (χ0n) is 11.2. The highest BCUT2D eigenvalue weighted by Gasteiger charge is 2.27. The van der Waals surface area contributed by atoms with Crippen molar-refractivity contribution in [3.63, 3.8) is 0 Å². The third-order valence-corrected chi connectivity index (χ3v) is 4.01. The van der Waals surface area contributed by atoms with Gasteiger partial charge < -0.3 is 10.1 Å². The van der Waals surface area contributed by atoms with E-state index in [0.29, 0.717) is 6.10 Å². The van der Waals surface area contributed by atoms with Gasteiger partial charge in [-0.25, -0.2) is 9.97 Å². The molecule has 5 heteroatoms. The number of hydrogen-bond acceptors (Lipinski definition) is 4. The molecule has 1 aliphatic heterocycles. The second-order valence-electron chi connectivity index (χ2n) is 4.70. The number of anilines is 1. The van der Waals surface area contributed by atoms with Crippen molar-refractivity contribution < 1.29 is 4.74 Å². The van der Waals surface area contributed by atoms with E-state index in [1.807, 2.05) is 7.05 Å². The van der Waals surface area contributed by atoms with Gasteiger partial charge in [0.2, 0.25) is 0 Å². The fraction of sp³-hybridized carbons (Fsp3) is 0.692. The van der Waals surface area contributed by atoms with E-state index in [1.54, 1.807) is 0 Å². The summed E-state index contributed by atoms with van der Waals surface area (Å²) in [5, 5.41) is 3.12. The van der Waals surface area contributed by atoms with E-state index < -0.39 is 0 Å².